The predicted octanol–water partition coefficient (Wildman–Crippen LogP) is 3.76. The molecule has 0 unspecified atom stereocenters. The number of nitrogens with zero attached hydrogens (tertiary/aromatic N) is 3. The fourth-order valence-electron chi connectivity index (χ4n) is 2.91. The number of morpholine rings is 1. The van der Waals surface area contributed by atoms with Crippen molar-refractivity contribution in [2.75, 3.05) is 44.7 Å². The average Bonchev–Trinajstić information content (AvgIpc) is 3.17. The molecule has 2 aromatic heterocycles. The molecule has 5 nitrogen and oxygen atoms in total. The Hall–Kier alpha value is -1.73. The topological polar surface area (TPSA) is 50.3 Å². The second-order valence-electron chi connectivity index (χ2n) is 5.92. The molecule has 0 aliphatic carbocycles. The van der Waals surface area contributed by atoms with Crippen molar-refractivity contribution in [1.29, 1.82) is 0 Å². The number of ether oxygens (including phenoxy) is 1. The summed E-state index contributed by atoms with van der Waals surface area (Å²) < 4.78 is 5.40. The number of nitrogens with one attached hydrogen (secondary N) is 1. The van der Waals surface area contributed by atoms with E-state index in [1.807, 2.05) is 35.7 Å². The van der Waals surface area contributed by atoms with Crippen molar-refractivity contribution < 1.29 is 4.74 Å². The molecule has 1 aromatic carbocycles. The van der Waals surface area contributed by atoms with Crippen molar-refractivity contribution in [2.24, 2.45) is 0 Å². The monoisotopic (exact) mass is 374 g/mol. The summed E-state index contributed by atoms with van der Waals surface area (Å²) in [5.74, 6) is 1.59. The number of halogens is 1. The summed E-state index contributed by atoms with van der Waals surface area (Å²) in [6.45, 7) is 5.41. The van der Waals surface area contributed by atoms with Crippen LogP contribution in [0.2, 0.25) is 5.02 Å². The highest BCUT2D eigenvalue weighted by Gasteiger charge is 2.12. The zero-order valence-corrected chi connectivity index (χ0v) is 15.3. The summed E-state index contributed by atoms with van der Waals surface area (Å²) in [4.78, 5) is 12.9. The molecule has 3 aromatic rings. The Labute approximate surface area is 155 Å². The minimum Gasteiger partial charge on any atom is -0.379 e. The van der Waals surface area contributed by atoms with Gasteiger partial charge in [-0.05, 0) is 29.6 Å². The lowest BCUT2D eigenvalue weighted by Gasteiger charge is -2.26. The molecule has 25 heavy (non-hydrogen) atoms. The van der Waals surface area contributed by atoms with Crippen LogP contribution in [0.15, 0.2) is 35.7 Å². The third-order valence-electron chi connectivity index (χ3n) is 4.22. The fraction of sp³-hybridized carbons (Fsp3) is 0.333. The first-order chi connectivity index (χ1) is 12.3. The molecule has 1 saturated heterocycles. The van der Waals surface area contributed by atoms with Crippen molar-refractivity contribution in [3.63, 3.8) is 0 Å². The van der Waals surface area contributed by atoms with Gasteiger partial charge in [-0.1, -0.05) is 17.7 Å². The molecular formula is C18H19ClN4OS. The summed E-state index contributed by atoms with van der Waals surface area (Å²) in [7, 11) is 0. The number of anilines is 1. The molecule has 3 heterocycles. The lowest BCUT2D eigenvalue weighted by Crippen LogP contribution is -2.39. The number of benzene rings is 1. The van der Waals surface area contributed by atoms with Crippen molar-refractivity contribution in [3.05, 3.63) is 40.7 Å². The Morgan fingerprint density at radius 2 is 2.08 bits per heavy atom. The summed E-state index contributed by atoms with van der Waals surface area (Å²) in [6.07, 6.45) is 0. The molecule has 130 valence electrons. The molecule has 7 heteroatoms. The van der Waals surface area contributed by atoms with Crippen LogP contribution in [0, 0.1) is 0 Å². The SMILES string of the molecule is Clc1ccc2c(NCCN3CCOCC3)nc(-c3cccs3)nc2c1. The van der Waals surface area contributed by atoms with Gasteiger partial charge in [0.25, 0.3) is 0 Å². The largest absolute Gasteiger partial charge is 0.379 e. The van der Waals surface area contributed by atoms with Gasteiger partial charge in [-0.2, -0.15) is 0 Å². The van der Waals surface area contributed by atoms with Crippen molar-refractivity contribution in [1.82, 2.24) is 14.9 Å². The van der Waals surface area contributed by atoms with E-state index in [-0.39, 0.29) is 0 Å². The fourth-order valence-corrected chi connectivity index (χ4v) is 3.73. The Morgan fingerprint density at radius 1 is 1.20 bits per heavy atom. The number of aromatic nitrogens is 2. The van der Waals surface area contributed by atoms with Crippen molar-refractivity contribution in [2.45, 2.75) is 0 Å². The molecule has 0 bridgehead atoms. The van der Waals surface area contributed by atoms with Gasteiger partial charge in [0.05, 0.1) is 23.6 Å². The van der Waals surface area contributed by atoms with Crippen LogP contribution in [0.4, 0.5) is 5.82 Å². The van der Waals surface area contributed by atoms with Gasteiger partial charge in [-0.25, -0.2) is 9.97 Å². The van der Waals surface area contributed by atoms with E-state index in [4.69, 9.17) is 21.3 Å². The van der Waals surface area contributed by atoms with Crippen LogP contribution in [0.5, 0.6) is 0 Å². The molecule has 1 aliphatic heterocycles. The first kappa shape index (κ1) is 16.7. The highest BCUT2D eigenvalue weighted by atomic mass is 35.5. The van der Waals surface area contributed by atoms with E-state index >= 15 is 0 Å². The molecule has 0 atom stereocenters. The van der Waals surface area contributed by atoms with Gasteiger partial charge in [0.2, 0.25) is 0 Å². The second-order valence-corrected chi connectivity index (χ2v) is 7.30. The Balaban J connectivity index is 1.59. The van der Waals surface area contributed by atoms with E-state index < -0.39 is 0 Å². The molecule has 0 amide bonds. The maximum atomic E-state index is 6.16. The van der Waals surface area contributed by atoms with Crippen LogP contribution in [-0.2, 0) is 4.74 Å². The Kier molecular flexibility index (Phi) is 5.12. The summed E-state index contributed by atoms with van der Waals surface area (Å²) >= 11 is 7.79. The summed E-state index contributed by atoms with van der Waals surface area (Å²) in [6, 6.07) is 9.80. The maximum Gasteiger partial charge on any atom is 0.172 e. The molecule has 4 rings (SSSR count). The minimum atomic E-state index is 0.683. The van der Waals surface area contributed by atoms with Crippen molar-refractivity contribution >= 4 is 39.7 Å². The van der Waals surface area contributed by atoms with Crippen LogP contribution in [-0.4, -0.2) is 54.3 Å². The Bertz CT molecular complexity index is 850. The van der Waals surface area contributed by atoms with E-state index in [1.165, 1.54) is 0 Å². The van der Waals surface area contributed by atoms with Gasteiger partial charge in [-0.15, -0.1) is 11.3 Å². The van der Waals surface area contributed by atoms with Crippen LogP contribution >= 0.6 is 22.9 Å². The second kappa shape index (κ2) is 7.66. The van der Waals surface area contributed by atoms with E-state index in [9.17, 15) is 0 Å². The van der Waals surface area contributed by atoms with E-state index in [0.29, 0.717) is 5.02 Å². The molecular weight excluding hydrogens is 356 g/mol. The standard InChI is InChI=1S/C18H19ClN4OS/c19-13-3-4-14-15(12-13)21-18(16-2-1-11-25-16)22-17(14)20-5-6-23-7-9-24-10-8-23/h1-4,11-12H,5-10H2,(H,20,21,22). The number of rotatable bonds is 5. The molecule has 0 spiro atoms. The van der Waals surface area contributed by atoms with Gasteiger partial charge in [-0.3, -0.25) is 4.90 Å². The zero-order valence-electron chi connectivity index (χ0n) is 13.7. The summed E-state index contributed by atoms with van der Waals surface area (Å²) in [5.41, 5.74) is 0.861. The number of fused-ring (bicyclic) bond motifs is 1. The number of hydrogen-bond acceptors (Lipinski definition) is 6. The molecule has 1 fully saturated rings. The third kappa shape index (κ3) is 3.93. The zero-order chi connectivity index (χ0) is 17.1. The molecule has 0 saturated carbocycles. The smallest absolute Gasteiger partial charge is 0.172 e. The normalized spacial score (nSPS) is 15.6. The number of thiophene rings is 1. The van der Waals surface area contributed by atoms with Gasteiger partial charge in [0.1, 0.15) is 5.82 Å². The van der Waals surface area contributed by atoms with Gasteiger partial charge < -0.3 is 10.1 Å². The quantitative estimate of drug-likeness (QED) is 0.737. The first-order valence-electron chi connectivity index (χ1n) is 8.35. The van der Waals surface area contributed by atoms with Gasteiger partial charge >= 0.3 is 0 Å². The van der Waals surface area contributed by atoms with E-state index in [2.05, 4.69) is 15.2 Å². The van der Waals surface area contributed by atoms with E-state index in [0.717, 1.165) is 66.8 Å². The van der Waals surface area contributed by atoms with Crippen LogP contribution in [0.3, 0.4) is 0 Å². The lowest BCUT2D eigenvalue weighted by molar-refractivity contribution is 0.0398. The average molecular weight is 375 g/mol. The van der Waals surface area contributed by atoms with Crippen LogP contribution in [0.25, 0.3) is 21.6 Å². The minimum absolute atomic E-state index is 0.683. The van der Waals surface area contributed by atoms with Gasteiger partial charge in [0, 0.05) is 36.6 Å². The van der Waals surface area contributed by atoms with E-state index in [1.54, 1.807) is 11.3 Å². The lowest BCUT2D eigenvalue weighted by atomic mass is 10.2. The van der Waals surface area contributed by atoms with Crippen LogP contribution < -0.4 is 5.32 Å². The Morgan fingerprint density at radius 3 is 2.88 bits per heavy atom. The number of hydrogen-bond donors (Lipinski definition) is 1. The highest BCUT2D eigenvalue weighted by molar-refractivity contribution is 7.13. The summed E-state index contributed by atoms with van der Waals surface area (Å²) in [5, 5.41) is 7.19. The molecule has 1 aliphatic rings. The first-order valence-corrected chi connectivity index (χ1v) is 9.60. The van der Waals surface area contributed by atoms with Gasteiger partial charge in [0.15, 0.2) is 5.82 Å². The third-order valence-corrected chi connectivity index (χ3v) is 5.33. The van der Waals surface area contributed by atoms with Crippen LogP contribution in [0.1, 0.15) is 0 Å². The predicted molar refractivity (Wildman–Crippen MR) is 104 cm³/mol. The van der Waals surface area contributed by atoms with Crippen molar-refractivity contribution in [3.8, 4) is 10.7 Å². The highest BCUT2D eigenvalue weighted by Crippen LogP contribution is 2.28. The maximum absolute atomic E-state index is 6.16. The molecule has 1 N–H and O–H groups in total. The molecule has 0 radical (unpaired) electrons.